The van der Waals surface area contributed by atoms with Gasteiger partial charge in [-0.1, -0.05) is 6.92 Å². The Kier molecular flexibility index (Phi) is 4.93. The number of amides is 1. The van der Waals surface area contributed by atoms with Gasteiger partial charge >= 0.3 is 0 Å². The number of thiazole rings is 1. The third-order valence-electron chi connectivity index (χ3n) is 3.00. The topological polar surface area (TPSA) is 58.4 Å². The van der Waals surface area contributed by atoms with Crippen molar-refractivity contribution in [3.05, 3.63) is 23.5 Å². The summed E-state index contributed by atoms with van der Waals surface area (Å²) in [5, 5.41) is 8.20. The third kappa shape index (κ3) is 4.04. The number of carbonyl (C=O) groups is 1. The number of carbonyl (C=O) groups excluding carboxylic acids is 1. The fourth-order valence-electron chi connectivity index (χ4n) is 1.73. The zero-order valence-electron chi connectivity index (χ0n) is 11.3. The van der Waals surface area contributed by atoms with E-state index in [0.29, 0.717) is 19.5 Å². The Morgan fingerprint density at radius 1 is 1.58 bits per heavy atom. The average molecular weight is 280 g/mol. The van der Waals surface area contributed by atoms with Gasteiger partial charge in [0.15, 0.2) is 4.96 Å². The van der Waals surface area contributed by atoms with Crippen molar-refractivity contribution in [1.29, 1.82) is 0 Å². The summed E-state index contributed by atoms with van der Waals surface area (Å²) >= 11 is 1.62. The normalized spacial score (nSPS) is 12.7. The van der Waals surface area contributed by atoms with Crippen LogP contribution in [0.15, 0.2) is 17.8 Å². The van der Waals surface area contributed by atoms with Crippen molar-refractivity contribution in [2.45, 2.75) is 39.3 Å². The van der Waals surface area contributed by atoms with Crippen molar-refractivity contribution >= 4 is 22.2 Å². The molecule has 104 valence electrons. The van der Waals surface area contributed by atoms with E-state index >= 15 is 0 Å². The van der Waals surface area contributed by atoms with Crippen LogP contribution >= 0.6 is 11.3 Å². The molecule has 0 saturated heterocycles. The van der Waals surface area contributed by atoms with Gasteiger partial charge in [-0.05, 0) is 13.3 Å². The van der Waals surface area contributed by atoms with Gasteiger partial charge in [-0.2, -0.15) is 0 Å². The van der Waals surface area contributed by atoms with Crippen LogP contribution in [0.1, 0.15) is 32.4 Å². The molecule has 0 aromatic carbocycles. The summed E-state index contributed by atoms with van der Waals surface area (Å²) in [7, 11) is 0. The first-order valence-electron chi connectivity index (χ1n) is 6.60. The summed E-state index contributed by atoms with van der Waals surface area (Å²) < 4.78 is 2.01. The van der Waals surface area contributed by atoms with Crippen LogP contribution < -0.4 is 10.6 Å². The number of hydrogen-bond acceptors (Lipinski definition) is 4. The molecule has 0 fully saturated rings. The largest absolute Gasteiger partial charge is 0.354 e. The third-order valence-corrected chi connectivity index (χ3v) is 3.77. The number of rotatable bonds is 7. The van der Waals surface area contributed by atoms with Gasteiger partial charge < -0.3 is 10.6 Å². The quantitative estimate of drug-likeness (QED) is 0.760. The van der Waals surface area contributed by atoms with Crippen LogP contribution in [0.4, 0.5) is 0 Å². The maximum absolute atomic E-state index is 11.6. The summed E-state index contributed by atoms with van der Waals surface area (Å²) in [5.74, 6) is 0.104. The fourth-order valence-corrected chi connectivity index (χ4v) is 2.45. The Morgan fingerprint density at radius 2 is 2.42 bits per heavy atom. The Hall–Kier alpha value is -1.40. The summed E-state index contributed by atoms with van der Waals surface area (Å²) in [6.45, 7) is 5.45. The molecule has 1 atom stereocenters. The van der Waals surface area contributed by atoms with Crippen molar-refractivity contribution in [2.24, 2.45) is 0 Å². The van der Waals surface area contributed by atoms with Crippen LogP contribution in [0.5, 0.6) is 0 Å². The molecule has 2 aromatic heterocycles. The van der Waals surface area contributed by atoms with Crippen LogP contribution in [-0.2, 0) is 11.3 Å². The van der Waals surface area contributed by atoms with Gasteiger partial charge in [0, 0.05) is 43.3 Å². The highest BCUT2D eigenvalue weighted by Gasteiger charge is 2.05. The second-order valence-electron chi connectivity index (χ2n) is 4.63. The van der Waals surface area contributed by atoms with Crippen molar-refractivity contribution in [2.75, 3.05) is 6.54 Å². The van der Waals surface area contributed by atoms with E-state index in [1.54, 1.807) is 11.3 Å². The van der Waals surface area contributed by atoms with Crippen molar-refractivity contribution in [3.8, 4) is 0 Å². The molecule has 6 heteroatoms. The second-order valence-corrected chi connectivity index (χ2v) is 5.50. The standard InChI is InChI=1S/C13H20N4OS/c1-3-10(2)15-12(18)4-5-14-8-11-9-17-6-7-19-13(17)16-11/h6-7,9-10,14H,3-5,8H2,1-2H3,(H,15,18). The number of aromatic nitrogens is 2. The predicted molar refractivity (Wildman–Crippen MR) is 77.3 cm³/mol. The van der Waals surface area contributed by atoms with Crippen molar-refractivity contribution in [1.82, 2.24) is 20.0 Å². The number of fused-ring (bicyclic) bond motifs is 1. The number of hydrogen-bond donors (Lipinski definition) is 2. The molecule has 0 radical (unpaired) electrons. The summed E-state index contributed by atoms with van der Waals surface area (Å²) in [6, 6.07) is 0.257. The first-order valence-corrected chi connectivity index (χ1v) is 7.48. The highest BCUT2D eigenvalue weighted by Crippen LogP contribution is 2.10. The van der Waals surface area contributed by atoms with Gasteiger partial charge in [0.05, 0.1) is 5.69 Å². The highest BCUT2D eigenvalue weighted by molar-refractivity contribution is 7.15. The average Bonchev–Trinajstić information content (AvgIpc) is 2.95. The van der Waals surface area contributed by atoms with E-state index in [0.717, 1.165) is 17.1 Å². The summed E-state index contributed by atoms with van der Waals surface area (Å²) in [6.07, 6.45) is 5.48. The van der Waals surface area contributed by atoms with E-state index in [9.17, 15) is 4.79 Å². The monoisotopic (exact) mass is 280 g/mol. The fraction of sp³-hybridized carbons (Fsp3) is 0.538. The minimum Gasteiger partial charge on any atom is -0.354 e. The molecule has 0 spiro atoms. The molecule has 2 rings (SSSR count). The van der Waals surface area contributed by atoms with Gasteiger partial charge in [-0.25, -0.2) is 4.98 Å². The molecule has 0 aliphatic rings. The SMILES string of the molecule is CCC(C)NC(=O)CCNCc1cn2ccsc2n1. The molecule has 0 bridgehead atoms. The molecule has 19 heavy (non-hydrogen) atoms. The lowest BCUT2D eigenvalue weighted by Gasteiger charge is -2.11. The van der Waals surface area contributed by atoms with Gasteiger partial charge in [-0.3, -0.25) is 9.20 Å². The summed E-state index contributed by atoms with van der Waals surface area (Å²) in [5.41, 5.74) is 1.01. The molecule has 0 saturated carbocycles. The molecule has 1 amide bonds. The Morgan fingerprint density at radius 3 is 3.16 bits per heavy atom. The van der Waals surface area contributed by atoms with Crippen LogP contribution in [0.3, 0.4) is 0 Å². The van der Waals surface area contributed by atoms with E-state index < -0.39 is 0 Å². The zero-order valence-corrected chi connectivity index (χ0v) is 12.2. The van der Waals surface area contributed by atoms with E-state index in [-0.39, 0.29) is 11.9 Å². The lowest BCUT2D eigenvalue weighted by atomic mass is 10.2. The minimum absolute atomic E-state index is 0.104. The summed E-state index contributed by atoms with van der Waals surface area (Å²) in [4.78, 5) is 17.0. The molecule has 1 unspecified atom stereocenters. The van der Waals surface area contributed by atoms with Crippen LogP contribution in [0.2, 0.25) is 0 Å². The van der Waals surface area contributed by atoms with Crippen LogP contribution in [-0.4, -0.2) is 27.9 Å². The maximum Gasteiger partial charge on any atom is 0.221 e. The molecular formula is C13H20N4OS. The maximum atomic E-state index is 11.6. The van der Waals surface area contributed by atoms with Gasteiger partial charge in [0.25, 0.3) is 0 Å². The molecule has 2 N–H and O–H groups in total. The Labute approximate surface area is 117 Å². The van der Waals surface area contributed by atoms with Gasteiger partial charge in [-0.15, -0.1) is 11.3 Å². The molecule has 0 aliphatic carbocycles. The number of nitrogens with one attached hydrogen (secondary N) is 2. The van der Waals surface area contributed by atoms with E-state index in [2.05, 4.69) is 22.5 Å². The van der Waals surface area contributed by atoms with E-state index in [4.69, 9.17) is 0 Å². The zero-order chi connectivity index (χ0) is 13.7. The molecule has 2 aromatic rings. The van der Waals surface area contributed by atoms with Gasteiger partial charge in [0.1, 0.15) is 0 Å². The lowest BCUT2D eigenvalue weighted by Crippen LogP contribution is -2.33. The molecule has 5 nitrogen and oxygen atoms in total. The Balaban J connectivity index is 1.66. The first-order chi connectivity index (χ1) is 9.19. The predicted octanol–water partition coefficient (Wildman–Crippen LogP) is 1.79. The molecular weight excluding hydrogens is 260 g/mol. The van der Waals surface area contributed by atoms with Crippen LogP contribution in [0, 0.1) is 0 Å². The number of imidazole rings is 1. The smallest absolute Gasteiger partial charge is 0.221 e. The van der Waals surface area contributed by atoms with Crippen molar-refractivity contribution < 1.29 is 4.79 Å². The highest BCUT2D eigenvalue weighted by atomic mass is 32.1. The van der Waals surface area contributed by atoms with Crippen LogP contribution in [0.25, 0.3) is 4.96 Å². The minimum atomic E-state index is 0.104. The van der Waals surface area contributed by atoms with E-state index in [1.807, 2.05) is 29.1 Å². The Bertz CT molecular complexity index is 505. The first kappa shape index (κ1) is 14.0. The van der Waals surface area contributed by atoms with Gasteiger partial charge in [0.2, 0.25) is 5.91 Å². The molecule has 0 aliphatic heterocycles. The van der Waals surface area contributed by atoms with E-state index in [1.165, 1.54) is 0 Å². The second kappa shape index (κ2) is 6.68. The number of nitrogens with zero attached hydrogens (tertiary/aromatic N) is 2. The van der Waals surface area contributed by atoms with Crippen molar-refractivity contribution in [3.63, 3.8) is 0 Å². The lowest BCUT2D eigenvalue weighted by molar-refractivity contribution is -0.121. The molecule has 2 heterocycles.